The van der Waals surface area contributed by atoms with E-state index in [-0.39, 0.29) is 12.1 Å². The molecule has 0 aromatic carbocycles. The zero-order valence-electron chi connectivity index (χ0n) is 8.19. The van der Waals surface area contributed by atoms with Gasteiger partial charge in [0.05, 0.1) is 6.04 Å². The van der Waals surface area contributed by atoms with Gasteiger partial charge in [0, 0.05) is 11.9 Å². The third kappa shape index (κ3) is 1.50. The number of primary amides is 1. The van der Waals surface area contributed by atoms with E-state index in [1.807, 2.05) is 0 Å². The summed E-state index contributed by atoms with van der Waals surface area (Å²) in [7, 11) is 1.78. The molecule has 1 heterocycles. The number of hydrogen-bond acceptors (Lipinski definition) is 2. The van der Waals surface area contributed by atoms with Gasteiger partial charge in [-0.15, -0.1) is 11.3 Å². The molecule has 0 fully saturated rings. The largest absolute Gasteiger partial charge is 0.351 e. The molecule has 14 heavy (non-hydrogen) atoms. The Kier molecular flexibility index (Phi) is 2.46. The number of carbonyl (C=O) groups is 1. The second-order valence-electron chi connectivity index (χ2n) is 3.66. The second kappa shape index (κ2) is 3.61. The highest BCUT2D eigenvalue weighted by molar-refractivity contribution is 7.10. The first-order valence-corrected chi connectivity index (χ1v) is 5.66. The van der Waals surface area contributed by atoms with Crippen molar-refractivity contribution in [2.24, 2.45) is 5.73 Å². The minimum absolute atomic E-state index is 0.197. The van der Waals surface area contributed by atoms with Crippen LogP contribution in [0.4, 0.5) is 4.79 Å². The number of carbonyl (C=O) groups excluding carboxylic acids is 1. The number of amides is 2. The number of nitrogens with two attached hydrogens (primary N) is 1. The smallest absolute Gasteiger partial charge is 0.315 e. The topological polar surface area (TPSA) is 46.3 Å². The maximum absolute atomic E-state index is 11.1. The molecule has 0 bridgehead atoms. The Morgan fingerprint density at radius 3 is 3.21 bits per heavy atom. The molecule has 0 spiro atoms. The van der Waals surface area contributed by atoms with Crippen LogP contribution in [0, 0.1) is 0 Å². The molecule has 1 aliphatic carbocycles. The zero-order chi connectivity index (χ0) is 10.1. The first kappa shape index (κ1) is 9.52. The van der Waals surface area contributed by atoms with Crippen molar-refractivity contribution in [2.45, 2.75) is 25.3 Å². The van der Waals surface area contributed by atoms with Crippen LogP contribution >= 0.6 is 11.3 Å². The molecule has 1 aromatic heterocycles. The predicted molar refractivity (Wildman–Crippen MR) is 57.3 cm³/mol. The molecular formula is C10H14N2OS. The maximum Gasteiger partial charge on any atom is 0.315 e. The molecule has 1 atom stereocenters. The minimum Gasteiger partial charge on any atom is -0.351 e. The highest BCUT2D eigenvalue weighted by atomic mass is 32.1. The average molecular weight is 210 g/mol. The Morgan fingerprint density at radius 1 is 1.71 bits per heavy atom. The maximum atomic E-state index is 11.1. The Hall–Kier alpha value is -1.03. The number of urea groups is 1. The fraction of sp³-hybridized carbons (Fsp3) is 0.500. The lowest BCUT2D eigenvalue weighted by molar-refractivity contribution is 0.194. The van der Waals surface area contributed by atoms with Crippen LogP contribution in [0.15, 0.2) is 11.4 Å². The molecule has 1 unspecified atom stereocenters. The third-order valence-corrected chi connectivity index (χ3v) is 3.83. The van der Waals surface area contributed by atoms with Gasteiger partial charge in [-0.05, 0) is 36.3 Å². The summed E-state index contributed by atoms with van der Waals surface area (Å²) in [5, 5.41) is 2.10. The van der Waals surface area contributed by atoms with Crippen molar-refractivity contribution in [1.29, 1.82) is 0 Å². The van der Waals surface area contributed by atoms with E-state index in [2.05, 4.69) is 11.4 Å². The van der Waals surface area contributed by atoms with E-state index in [1.54, 1.807) is 23.3 Å². The van der Waals surface area contributed by atoms with Gasteiger partial charge in [-0.2, -0.15) is 0 Å². The Labute approximate surface area is 87.5 Å². The number of hydrogen-bond donors (Lipinski definition) is 1. The summed E-state index contributed by atoms with van der Waals surface area (Å²) in [6.07, 6.45) is 3.33. The van der Waals surface area contributed by atoms with Crippen molar-refractivity contribution < 1.29 is 4.79 Å². The van der Waals surface area contributed by atoms with Crippen LogP contribution in [0.2, 0.25) is 0 Å². The van der Waals surface area contributed by atoms with Gasteiger partial charge in [0.2, 0.25) is 0 Å². The van der Waals surface area contributed by atoms with Crippen LogP contribution < -0.4 is 5.73 Å². The number of thiophene rings is 1. The van der Waals surface area contributed by atoms with Crippen molar-refractivity contribution in [3.8, 4) is 0 Å². The molecule has 76 valence electrons. The predicted octanol–water partition coefficient (Wildman–Crippen LogP) is 2.14. The van der Waals surface area contributed by atoms with Crippen LogP contribution in [-0.2, 0) is 6.42 Å². The van der Waals surface area contributed by atoms with E-state index < -0.39 is 0 Å². The standard InChI is InChI=1S/C10H14N2OS/c1-12(10(11)13)8-3-2-4-9-7(8)5-6-14-9/h5-6,8H,2-4H2,1H3,(H2,11,13). The van der Waals surface area contributed by atoms with Crippen LogP contribution in [0.5, 0.6) is 0 Å². The quantitative estimate of drug-likeness (QED) is 0.758. The van der Waals surface area contributed by atoms with E-state index in [1.165, 1.54) is 10.4 Å². The van der Waals surface area contributed by atoms with E-state index in [9.17, 15) is 4.79 Å². The molecule has 1 aromatic rings. The molecular weight excluding hydrogens is 196 g/mol. The lowest BCUT2D eigenvalue weighted by atomic mass is 9.93. The summed E-state index contributed by atoms with van der Waals surface area (Å²) in [5.74, 6) is 0. The van der Waals surface area contributed by atoms with Gasteiger partial charge in [0.15, 0.2) is 0 Å². The summed E-state index contributed by atoms with van der Waals surface area (Å²) in [4.78, 5) is 14.1. The number of aryl methyl sites for hydroxylation is 1. The molecule has 2 rings (SSSR count). The summed E-state index contributed by atoms with van der Waals surface area (Å²) in [6.45, 7) is 0. The van der Waals surface area contributed by atoms with Gasteiger partial charge in [-0.1, -0.05) is 0 Å². The van der Waals surface area contributed by atoms with E-state index in [0.717, 1.165) is 19.3 Å². The van der Waals surface area contributed by atoms with Crippen molar-refractivity contribution in [2.75, 3.05) is 7.05 Å². The van der Waals surface area contributed by atoms with Crippen molar-refractivity contribution >= 4 is 17.4 Å². The van der Waals surface area contributed by atoms with Gasteiger partial charge < -0.3 is 10.6 Å². The lowest BCUT2D eigenvalue weighted by Crippen LogP contribution is -2.36. The van der Waals surface area contributed by atoms with E-state index in [4.69, 9.17) is 5.73 Å². The molecule has 0 radical (unpaired) electrons. The molecule has 1 aliphatic rings. The fourth-order valence-electron chi connectivity index (χ4n) is 2.02. The summed E-state index contributed by atoms with van der Waals surface area (Å²) < 4.78 is 0. The van der Waals surface area contributed by atoms with Crippen molar-refractivity contribution in [1.82, 2.24) is 4.90 Å². The molecule has 0 saturated carbocycles. The van der Waals surface area contributed by atoms with Crippen molar-refractivity contribution in [3.05, 3.63) is 21.9 Å². The first-order chi connectivity index (χ1) is 6.70. The fourth-order valence-corrected chi connectivity index (χ4v) is 3.00. The van der Waals surface area contributed by atoms with Gasteiger partial charge in [0.25, 0.3) is 0 Å². The van der Waals surface area contributed by atoms with Crippen LogP contribution in [-0.4, -0.2) is 18.0 Å². The van der Waals surface area contributed by atoms with E-state index in [0.29, 0.717) is 0 Å². The molecule has 0 saturated heterocycles. The first-order valence-electron chi connectivity index (χ1n) is 4.78. The third-order valence-electron chi connectivity index (χ3n) is 2.84. The molecule has 4 heteroatoms. The Bertz CT molecular complexity index is 348. The summed E-state index contributed by atoms with van der Waals surface area (Å²) >= 11 is 1.78. The van der Waals surface area contributed by atoms with Gasteiger partial charge in [0.1, 0.15) is 0 Å². The van der Waals surface area contributed by atoms with Crippen LogP contribution in [0.25, 0.3) is 0 Å². The average Bonchev–Trinajstić information content (AvgIpc) is 2.63. The zero-order valence-corrected chi connectivity index (χ0v) is 9.01. The molecule has 2 amide bonds. The van der Waals surface area contributed by atoms with Crippen LogP contribution in [0.3, 0.4) is 0 Å². The number of fused-ring (bicyclic) bond motifs is 1. The minimum atomic E-state index is -0.339. The van der Waals surface area contributed by atoms with Gasteiger partial charge in [-0.3, -0.25) is 0 Å². The normalized spacial score (nSPS) is 20.2. The highest BCUT2D eigenvalue weighted by Crippen LogP contribution is 2.36. The van der Waals surface area contributed by atoms with Gasteiger partial charge >= 0.3 is 6.03 Å². The second-order valence-corrected chi connectivity index (χ2v) is 4.66. The SMILES string of the molecule is CN(C(N)=O)C1CCCc2sccc21. The highest BCUT2D eigenvalue weighted by Gasteiger charge is 2.26. The Balaban J connectivity index is 2.28. The van der Waals surface area contributed by atoms with Gasteiger partial charge in [-0.25, -0.2) is 4.79 Å². The lowest BCUT2D eigenvalue weighted by Gasteiger charge is -2.30. The number of rotatable bonds is 1. The summed E-state index contributed by atoms with van der Waals surface area (Å²) in [5.41, 5.74) is 6.58. The number of nitrogens with zero attached hydrogens (tertiary/aromatic N) is 1. The summed E-state index contributed by atoms with van der Waals surface area (Å²) in [6, 6.07) is 1.97. The Morgan fingerprint density at radius 2 is 2.50 bits per heavy atom. The molecule has 0 aliphatic heterocycles. The van der Waals surface area contributed by atoms with Crippen molar-refractivity contribution in [3.63, 3.8) is 0 Å². The van der Waals surface area contributed by atoms with Crippen LogP contribution in [0.1, 0.15) is 29.3 Å². The monoisotopic (exact) mass is 210 g/mol. The molecule has 3 nitrogen and oxygen atoms in total. The molecule has 2 N–H and O–H groups in total. The van der Waals surface area contributed by atoms with E-state index >= 15 is 0 Å².